The van der Waals surface area contributed by atoms with Crippen LogP contribution in [0.5, 0.6) is 0 Å². The SMILES string of the molecule is O=c1[nH]c2cc(Br)c(NCc3cccc(Br)c3)cc2[nH]1. The van der Waals surface area contributed by atoms with Crippen molar-refractivity contribution in [3.63, 3.8) is 0 Å². The minimum Gasteiger partial charge on any atom is -0.380 e. The first kappa shape index (κ1) is 13.5. The minimum atomic E-state index is -0.198. The molecule has 0 unspecified atom stereocenters. The first-order chi connectivity index (χ1) is 9.61. The largest absolute Gasteiger partial charge is 0.380 e. The first-order valence-corrected chi connectivity index (χ1v) is 7.60. The van der Waals surface area contributed by atoms with Crippen LogP contribution in [0.15, 0.2) is 50.1 Å². The Morgan fingerprint density at radius 2 is 1.80 bits per heavy atom. The van der Waals surface area contributed by atoms with Crippen molar-refractivity contribution in [2.75, 3.05) is 5.32 Å². The summed E-state index contributed by atoms with van der Waals surface area (Å²) < 4.78 is 1.97. The van der Waals surface area contributed by atoms with Crippen molar-refractivity contribution in [1.29, 1.82) is 0 Å². The zero-order chi connectivity index (χ0) is 14.1. The second kappa shape index (κ2) is 5.46. The fraction of sp³-hybridized carbons (Fsp3) is 0.0714. The van der Waals surface area contributed by atoms with Crippen LogP contribution in [-0.2, 0) is 6.54 Å². The zero-order valence-electron chi connectivity index (χ0n) is 10.3. The van der Waals surface area contributed by atoms with Crippen LogP contribution < -0.4 is 11.0 Å². The van der Waals surface area contributed by atoms with Crippen molar-refractivity contribution in [1.82, 2.24) is 9.97 Å². The normalized spacial score (nSPS) is 10.9. The molecule has 102 valence electrons. The molecule has 0 spiro atoms. The Morgan fingerprint density at radius 1 is 1.05 bits per heavy atom. The Morgan fingerprint density at radius 3 is 2.55 bits per heavy atom. The van der Waals surface area contributed by atoms with Gasteiger partial charge in [0.1, 0.15) is 0 Å². The van der Waals surface area contributed by atoms with Crippen molar-refractivity contribution in [3.8, 4) is 0 Å². The third-order valence-corrected chi connectivity index (χ3v) is 4.12. The Bertz CT molecular complexity index is 823. The molecule has 0 aliphatic carbocycles. The Hall–Kier alpha value is -1.53. The molecule has 3 N–H and O–H groups in total. The number of aromatic amines is 2. The quantitative estimate of drug-likeness (QED) is 0.626. The average Bonchev–Trinajstić information content (AvgIpc) is 2.75. The van der Waals surface area contributed by atoms with Crippen LogP contribution >= 0.6 is 31.9 Å². The molecule has 0 saturated carbocycles. The van der Waals surface area contributed by atoms with E-state index < -0.39 is 0 Å². The van der Waals surface area contributed by atoms with Gasteiger partial charge in [-0.05, 0) is 45.8 Å². The summed E-state index contributed by atoms with van der Waals surface area (Å²) in [5.41, 5.74) is 3.49. The number of aromatic nitrogens is 2. The topological polar surface area (TPSA) is 60.7 Å². The molecule has 2 aromatic carbocycles. The van der Waals surface area contributed by atoms with Gasteiger partial charge in [-0.1, -0.05) is 28.1 Å². The summed E-state index contributed by atoms with van der Waals surface area (Å²) in [7, 11) is 0. The second-order valence-corrected chi connectivity index (χ2v) is 6.21. The number of benzene rings is 2. The number of H-pyrrole nitrogens is 2. The molecule has 3 rings (SSSR count). The third-order valence-electron chi connectivity index (χ3n) is 2.98. The highest BCUT2D eigenvalue weighted by Crippen LogP contribution is 2.27. The molecule has 0 radical (unpaired) electrons. The number of hydrogen-bond donors (Lipinski definition) is 3. The van der Waals surface area contributed by atoms with Gasteiger partial charge in [-0.3, -0.25) is 0 Å². The summed E-state index contributed by atoms with van der Waals surface area (Å²) in [5, 5.41) is 3.35. The van der Waals surface area contributed by atoms with E-state index in [0.29, 0.717) is 6.54 Å². The first-order valence-electron chi connectivity index (χ1n) is 6.02. The molecule has 4 nitrogen and oxygen atoms in total. The van der Waals surface area contributed by atoms with Gasteiger partial charge >= 0.3 is 5.69 Å². The Kier molecular flexibility index (Phi) is 3.67. The summed E-state index contributed by atoms with van der Waals surface area (Å²) in [6.45, 7) is 0.707. The lowest BCUT2D eigenvalue weighted by atomic mass is 10.2. The maximum absolute atomic E-state index is 11.3. The summed E-state index contributed by atoms with van der Waals surface area (Å²) >= 11 is 6.96. The number of hydrogen-bond acceptors (Lipinski definition) is 2. The molecule has 0 fully saturated rings. The lowest BCUT2D eigenvalue weighted by Gasteiger charge is -2.09. The van der Waals surface area contributed by atoms with Gasteiger partial charge in [-0.25, -0.2) is 4.79 Å². The highest BCUT2D eigenvalue weighted by atomic mass is 79.9. The predicted octanol–water partition coefficient (Wildman–Crippen LogP) is 3.99. The monoisotopic (exact) mass is 395 g/mol. The van der Waals surface area contributed by atoms with E-state index in [1.54, 1.807) is 0 Å². The highest BCUT2D eigenvalue weighted by Gasteiger charge is 2.05. The summed E-state index contributed by atoms with van der Waals surface area (Å²) in [5.74, 6) is 0. The number of imidazole rings is 1. The van der Waals surface area contributed by atoms with E-state index in [4.69, 9.17) is 0 Å². The molecular formula is C14H11Br2N3O. The molecule has 1 aromatic heterocycles. The van der Waals surface area contributed by atoms with Crippen LogP contribution in [0.3, 0.4) is 0 Å². The van der Waals surface area contributed by atoms with E-state index in [1.807, 2.05) is 24.3 Å². The number of halogens is 2. The smallest absolute Gasteiger partial charge is 0.323 e. The lowest BCUT2D eigenvalue weighted by molar-refractivity contribution is 1.14. The minimum absolute atomic E-state index is 0.198. The molecule has 0 bridgehead atoms. The van der Waals surface area contributed by atoms with Crippen LogP contribution in [0.25, 0.3) is 11.0 Å². The van der Waals surface area contributed by atoms with E-state index in [9.17, 15) is 4.79 Å². The van der Waals surface area contributed by atoms with Gasteiger partial charge in [0.2, 0.25) is 0 Å². The van der Waals surface area contributed by atoms with Crippen molar-refractivity contribution < 1.29 is 0 Å². The molecular weight excluding hydrogens is 386 g/mol. The number of nitrogens with one attached hydrogen (secondary N) is 3. The van der Waals surface area contributed by atoms with E-state index in [1.165, 1.54) is 5.56 Å². The Labute approximate surface area is 131 Å². The van der Waals surface area contributed by atoms with Crippen LogP contribution in [0.2, 0.25) is 0 Å². The number of fused-ring (bicyclic) bond motifs is 1. The molecule has 0 atom stereocenters. The van der Waals surface area contributed by atoms with Crippen molar-refractivity contribution >= 4 is 48.6 Å². The van der Waals surface area contributed by atoms with Gasteiger partial charge < -0.3 is 15.3 Å². The van der Waals surface area contributed by atoms with Crippen LogP contribution in [0, 0.1) is 0 Å². The molecule has 0 saturated heterocycles. The van der Waals surface area contributed by atoms with Crippen molar-refractivity contribution in [2.45, 2.75) is 6.54 Å². The zero-order valence-corrected chi connectivity index (χ0v) is 13.5. The fourth-order valence-corrected chi connectivity index (χ4v) is 2.97. The van der Waals surface area contributed by atoms with Crippen molar-refractivity contribution in [3.05, 3.63) is 61.4 Å². The van der Waals surface area contributed by atoms with Gasteiger partial charge in [-0.15, -0.1) is 0 Å². The van der Waals surface area contributed by atoms with Crippen LogP contribution in [0.1, 0.15) is 5.56 Å². The standard InChI is InChI=1S/C14H11Br2N3O/c15-9-3-1-2-8(4-9)7-17-11-6-13-12(5-10(11)16)18-14(20)19-13/h1-6,17H,7H2,(H2,18,19,20). The van der Waals surface area contributed by atoms with Crippen molar-refractivity contribution in [2.24, 2.45) is 0 Å². The summed E-state index contributed by atoms with van der Waals surface area (Å²) in [6.07, 6.45) is 0. The van der Waals surface area contributed by atoms with E-state index in [0.717, 1.165) is 25.7 Å². The maximum Gasteiger partial charge on any atom is 0.323 e. The third kappa shape index (κ3) is 2.81. The van der Waals surface area contributed by atoms with Gasteiger partial charge in [-0.2, -0.15) is 0 Å². The van der Waals surface area contributed by atoms with E-state index in [2.05, 4.69) is 59.3 Å². The molecule has 6 heteroatoms. The average molecular weight is 397 g/mol. The second-order valence-electron chi connectivity index (χ2n) is 4.44. The molecule has 0 amide bonds. The highest BCUT2D eigenvalue weighted by molar-refractivity contribution is 9.10. The molecule has 20 heavy (non-hydrogen) atoms. The van der Waals surface area contributed by atoms with Gasteiger partial charge in [0.05, 0.1) is 16.7 Å². The number of rotatable bonds is 3. The lowest BCUT2D eigenvalue weighted by Crippen LogP contribution is -2.00. The fourth-order valence-electron chi connectivity index (χ4n) is 2.04. The maximum atomic E-state index is 11.3. The van der Waals surface area contributed by atoms with Gasteiger partial charge in [0, 0.05) is 15.5 Å². The summed E-state index contributed by atoms with van der Waals surface area (Å²) in [6, 6.07) is 11.9. The molecule has 1 heterocycles. The van der Waals surface area contributed by atoms with E-state index in [-0.39, 0.29) is 5.69 Å². The predicted molar refractivity (Wildman–Crippen MR) is 88.1 cm³/mol. The Balaban J connectivity index is 1.86. The molecule has 0 aliphatic rings. The van der Waals surface area contributed by atoms with Crippen LogP contribution in [-0.4, -0.2) is 9.97 Å². The van der Waals surface area contributed by atoms with Gasteiger partial charge in [0.25, 0.3) is 0 Å². The number of anilines is 1. The van der Waals surface area contributed by atoms with E-state index >= 15 is 0 Å². The van der Waals surface area contributed by atoms with Crippen LogP contribution in [0.4, 0.5) is 5.69 Å². The molecule has 3 aromatic rings. The molecule has 0 aliphatic heterocycles. The summed E-state index contributed by atoms with van der Waals surface area (Å²) in [4.78, 5) is 16.8. The van der Waals surface area contributed by atoms with Gasteiger partial charge in [0.15, 0.2) is 0 Å².